The summed E-state index contributed by atoms with van der Waals surface area (Å²) >= 11 is 4.75. The first-order valence-corrected chi connectivity index (χ1v) is 6.58. The summed E-state index contributed by atoms with van der Waals surface area (Å²) in [5, 5.41) is 15.6. The van der Waals surface area contributed by atoms with E-state index in [0.717, 1.165) is 11.1 Å². The molecule has 5 nitrogen and oxygen atoms in total. The molecule has 2 aromatic rings. The summed E-state index contributed by atoms with van der Waals surface area (Å²) in [4.78, 5) is 11.3. The van der Waals surface area contributed by atoms with E-state index in [-0.39, 0.29) is 10.7 Å². The number of hydrogen-bond acceptors (Lipinski definition) is 4. The van der Waals surface area contributed by atoms with Gasteiger partial charge in [0.15, 0.2) is 5.11 Å². The number of hydrogen-bond donors (Lipinski definition) is 2. The van der Waals surface area contributed by atoms with Gasteiger partial charge in [-0.1, -0.05) is 42.5 Å². The van der Waals surface area contributed by atoms with Crippen molar-refractivity contribution in [3.63, 3.8) is 0 Å². The SMILES string of the molecule is NC(=S)N/N=C1\c2ccccc2-c2c(C(=O)[O-])cccc21. The fourth-order valence-corrected chi connectivity index (χ4v) is 2.54. The van der Waals surface area contributed by atoms with Crippen molar-refractivity contribution in [2.75, 3.05) is 0 Å². The number of hydrazone groups is 1. The van der Waals surface area contributed by atoms with Crippen LogP contribution < -0.4 is 16.3 Å². The second-order valence-electron chi connectivity index (χ2n) is 4.50. The molecular weight excluding hydrogens is 286 g/mol. The Labute approximate surface area is 126 Å². The van der Waals surface area contributed by atoms with Crippen molar-refractivity contribution in [1.29, 1.82) is 0 Å². The first-order chi connectivity index (χ1) is 10.1. The molecule has 0 fully saturated rings. The minimum atomic E-state index is -1.22. The van der Waals surface area contributed by atoms with Gasteiger partial charge < -0.3 is 15.6 Å². The number of benzene rings is 2. The second kappa shape index (κ2) is 4.99. The Morgan fingerprint density at radius 2 is 1.76 bits per heavy atom. The monoisotopic (exact) mass is 296 g/mol. The van der Waals surface area contributed by atoms with E-state index in [4.69, 9.17) is 18.0 Å². The van der Waals surface area contributed by atoms with Gasteiger partial charge in [-0.15, -0.1) is 0 Å². The Bertz CT molecular complexity index is 799. The van der Waals surface area contributed by atoms with Crippen molar-refractivity contribution in [3.8, 4) is 11.1 Å². The lowest BCUT2D eigenvalue weighted by atomic mass is 10.00. The van der Waals surface area contributed by atoms with Crippen LogP contribution in [-0.2, 0) is 0 Å². The van der Waals surface area contributed by atoms with Crippen molar-refractivity contribution < 1.29 is 9.90 Å². The van der Waals surface area contributed by atoms with E-state index >= 15 is 0 Å². The van der Waals surface area contributed by atoms with Gasteiger partial charge in [-0.25, -0.2) is 0 Å². The molecule has 0 atom stereocenters. The van der Waals surface area contributed by atoms with Crippen molar-refractivity contribution >= 4 is 29.0 Å². The van der Waals surface area contributed by atoms with Gasteiger partial charge in [-0.3, -0.25) is 5.43 Å². The maximum absolute atomic E-state index is 11.3. The fourth-order valence-electron chi connectivity index (χ4n) is 2.49. The van der Waals surface area contributed by atoms with Crippen molar-refractivity contribution in [1.82, 2.24) is 5.43 Å². The predicted molar refractivity (Wildman–Crippen MR) is 81.8 cm³/mol. The van der Waals surface area contributed by atoms with Crippen LogP contribution in [0.4, 0.5) is 0 Å². The third-order valence-corrected chi connectivity index (χ3v) is 3.36. The van der Waals surface area contributed by atoms with Gasteiger partial charge >= 0.3 is 0 Å². The molecule has 0 amide bonds. The van der Waals surface area contributed by atoms with Crippen LogP contribution in [0.15, 0.2) is 47.6 Å². The van der Waals surface area contributed by atoms with Gasteiger partial charge in [0.2, 0.25) is 0 Å². The number of fused-ring (bicyclic) bond motifs is 3. The molecule has 0 heterocycles. The molecule has 0 bridgehead atoms. The maximum atomic E-state index is 11.3. The number of nitrogens with two attached hydrogens (primary N) is 1. The normalized spacial score (nSPS) is 13.6. The molecule has 3 rings (SSSR count). The zero-order chi connectivity index (χ0) is 15.0. The third kappa shape index (κ3) is 2.15. The molecule has 1 aliphatic rings. The Morgan fingerprint density at radius 3 is 2.43 bits per heavy atom. The Hall–Kier alpha value is -2.73. The summed E-state index contributed by atoms with van der Waals surface area (Å²) in [6.07, 6.45) is 0. The number of thiocarbonyl (C=S) groups is 1. The highest BCUT2D eigenvalue weighted by molar-refractivity contribution is 7.80. The fraction of sp³-hybridized carbons (Fsp3) is 0. The highest BCUT2D eigenvalue weighted by Gasteiger charge is 2.27. The molecule has 0 aromatic heterocycles. The first-order valence-electron chi connectivity index (χ1n) is 6.17. The molecule has 6 heteroatoms. The minimum absolute atomic E-state index is 0.0458. The number of aromatic carboxylic acids is 1. The van der Waals surface area contributed by atoms with Gasteiger partial charge in [0.1, 0.15) is 0 Å². The number of rotatable bonds is 2. The molecule has 21 heavy (non-hydrogen) atoms. The average Bonchev–Trinajstić information content (AvgIpc) is 2.79. The lowest BCUT2D eigenvalue weighted by Crippen LogP contribution is -2.25. The lowest BCUT2D eigenvalue weighted by molar-refractivity contribution is -0.254. The van der Waals surface area contributed by atoms with Gasteiger partial charge in [0.05, 0.1) is 11.7 Å². The number of nitrogens with one attached hydrogen (secondary N) is 1. The smallest absolute Gasteiger partial charge is 0.184 e. The number of carbonyl (C=O) groups excluding carboxylic acids is 1. The summed E-state index contributed by atoms with van der Waals surface area (Å²) < 4.78 is 0. The maximum Gasteiger partial charge on any atom is 0.184 e. The largest absolute Gasteiger partial charge is 0.545 e. The Balaban J connectivity index is 2.29. The minimum Gasteiger partial charge on any atom is -0.545 e. The number of nitrogens with zero attached hydrogens (tertiary/aromatic N) is 1. The van der Waals surface area contributed by atoms with Crippen LogP contribution in [-0.4, -0.2) is 16.8 Å². The second-order valence-corrected chi connectivity index (χ2v) is 4.94. The summed E-state index contributed by atoms with van der Waals surface area (Å²) in [5.74, 6) is -1.22. The average molecular weight is 296 g/mol. The zero-order valence-corrected chi connectivity index (χ0v) is 11.6. The number of carboxylic acids is 1. The van der Waals surface area contributed by atoms with Crippen LogP contribution in [0.2, 0.25) is 0 Å². The van der Waals surface area contributed by atoms with Crippen molar-refractivity contribution in [2.24, 2.45) is 10.8 Å². The van der Waals surface area contributed by atoms with Gasteiger partial charge in [0, 0.05) is 22.3 Å². The van der Waals surface area contributed by atoms with E-state index in [1.54, 1.807) is 6.07 Å². The molecule has 3 N–H and O–H groups in total. The highest BCUT2D eigenvalue weighted by Crippen LogP contribution is 2.38. The van der Waals surface area contributed by atoms with Crippen LogP contribution in [0, 0.1) is 0 Å². The van der Waals surface area contributed by atoms with Gasteiger partial charge in [0.25, 0.3) is 0 Å². The number of carbonyl (C=O) groups is 1. The summed E-state index contributed by atoms with van der Waals surface area (Å²) in [6.45, 7) is 0. The summed E-state index contributed by atoms with van der Waals surface area (Å²) in [5.41, 5.74) is 11.6. The first kappa shape index (κ1) is 13.3. The van der Waals surface area contributed by atoms with Crippen molar-refractivity contribution in [2.45, 2.75) is 0 Å². The zero-order valence-electron chi connectivity index (χ0n) is 10.8. The van der Waals surface area contributed by atoms with E-state index in [0.29, 0.717) is 16.8 Å². The van der Waals surface area contributed by atoms with E-state index in [1.165, 1.54) is 6.07 Å². The van der Waals surface area contributed by atoms with E-state index in [1.807, 2.05) is 30.3 Å². The van der Waals surface area contributed by atoms with Gasteiger partial charge in [-0.2, -0.15) is 5.10 Å². The molecule has 104 valence electrons. The predicted octanol–water partition coefficient (Wildman–Crippen LogP) is 0.616. The van der Waals surface area contributed by atoms with Crippen LogP contribution in [0.3, 0.4) is 0 Å². The van der Waals surface area contributed by atoms with Gasteiger partial charge in [-0.05, 0) is 17.8 Å². The highest BCUT2D eigenvalue weighted by atomic mass is 32.1. The molecule has 0 saturated carbocycles. The standard InChI is InChI=1S/C15H11N3O2S/c16-15(21)18-17-13-9-5-2-1-4-8(9)12-10(13)6-3-7-11(12)14(19)20/h1-7H,(H,19,20)(H3,16,18,21)/p-1/b17-13+. The topological polar surface area (TPSA) is 90.5 Å². The van der Waals surface area contributed by atoms with Crippen molar-refractivity contribution in [3.05, 3.63) is 59.2 Å². The molecule has 0 aliphatic heterocycles. The molecule has 0 spiro atoms. The third-order valence-electron chi connectivity index (χ3n) is 3.27. The Morgan fingerprint density at radius 1 is 1.10 bits per heavy atom. The van der Waals surface area contributed by atoms with Crippen LogP contribution in [0.25, 0.3) is 11.1 Å². The molecule has 2 aromatic carbocycles. The molecule has 0 unspecified atom stereocenters. The number of carboxylic acid groups (broad SMARTS) is 1. The van der Waals surface area contributed by atoms with E-state index < -0.39 is 5.97 Å². The molecular formula is C15H10N3O2S-. The summed E-state index contributed by atoms with van der Waals surface area (Å²) in [7, 11) is 0. The Kier molecular flexibility index (Phi) is 3.15. The summed E-state index contributed by atoms with van der Waals surface area (Å²) in [6, 6.07) is 12.4. The molecule has 0 radical (unpaired) electrons. The van der Waals surface area contributed by atoms with Crippen LogP contribution >= 0.6 is 12.2 Å². The van der Waals surface area contributed by atoms with Crippen LogP contribution in [0.5, 0.6) is 0 Å². The molecule has 0 saturated heterocycles. The quantitative estimate of drug-likeness (QED) is 0.534. The molecule has 1 aliphatic carbocycles. The van der Waals surface area contributed by atoms with Crippen LogP contribution in [0.1, 0.15) is 21.5 Å². The lowest BCUT2D eigenvalue weighted by Gasteiger charge is -2.09. The van der Waals surface area contributed by atoms with E-state index in [9.17, 15) is 9.90 Å². The van der Waals surface area contributed by atoms with E-state index in [2.05, 4.69) is 10.5 Å².